The third-order valence-electron chi connectivity index (χ3n) is 4.54. The van der Waals surface area contributed by atoms with Crippen molar-refractivity contribution in [2.24, 2.45) is 0 Å². The molecule has 0 fully saturated rings. The lowest BCUT2D eigenvalue weighted by Crippen LogP contribution is -2.25. The lowest BCUT2D eigenvalue weighted by Gasteiger charge is -2.16. The molecule has 0 saturated carbocycles. The lowest BCUT2D eigenvalue weighted by atomic mass is 9.98. The maximum absolute atomic E-state index is 12.5. The van der Waals surface area contributed by atoms with Crippen LogP contribution in [0, 0.1) is 13.8 Å². The Morgan fingerprint density at radius 1 is 1.33 bits per heavy atom. The molecule has 6 heteroatoms. The minimum atomic E-state index is -0.349. The second-order valence-corrected chi connectivity index (χ2v) is 6.21. The molecule has 0 bridgehead atoms. The summed E-state index contributed by atoms with van der Waals surface area (Å²) in [5.74, 6) is 0.253. The minimum absolute atomic E-state index is 0.0394. The zero-order valence-corrected chi connectivity index (χ0v) is 14.3. The SMILES string of the molecule is CC(=O)N1CCc2cc(NC(=O)C(C)c3c(C)noc3C)ccc21. The Balaban J connectivity index is 1.77. The molecule has 0 aliphatic carbocycles. The molecule has 0 radical (unpaired) electrons. The fourth-order valence-electron chi connectivity index (χ4n) is 3.30. The van der Waals surface area contributed by atoms with Crippen molar-refractivity contribution in [1.82, 2.24) is 5.16 Å². The van der Waals surface area contributed by atoms with E-state index in [2.05, 4.69) is 10.5 Å². The Bertz CT molecular complexity index is 790. The van der Waals surface area contributed by atoms with E-state index in [4.69, 9.17) is 4.52 Å². The fraction of sp³-hybridized carbons (Fsp3) is 0.389. The van der Waals surface area contributed by atoms with Crippen molar-refractivity contribution in [2.45, 2.75) is 40.0 Å². The predicted octanol–water partition coefficient (Wildman–Crippen LogP) is 2.94. The summed E-state index contributed by atoms with van der Waals surface area (Å²) in [6.45, 7) is 7.74. The topological polar surface area (TPSA) is 75.4 Å². The number of aromatic nitrogens is 1. The number of hydrogen-bond donors (Lipinski definition) is 1. The molecule has 0 spiro atoms. The summed E-state index contributed by atoms with van der Waals surface area (Å²) in [5, 5.41) is 6.85. The summed E-state index contributed by atoms with van der Waals surface area (Å²) in [6.07, 6.45) is 0.804. The summed E-state index contributed by atoms with van der Waals surface area (Å²) >= 11 is 0. The van der Waals surface area contributed by atoms with E-state index in [9.17, 15) is 9.59 Å². The summed E-state index contributed by atoms with van der Waals surface area (Å²) in [7, 11) is 0. The lowest BCUT2D eigenvalue weighted by molar-refractivity contribution is -0.117. The number of aryl methyl sites for hydroxylation is 2. The first kappa shape index (κ1) is 16.2. The second kappa shape index (κ2) is 6.11. The molecular formula is C18H21N3O3. The average molecular weight is 327 g/mol. The van der Waals surface area contributed by atoms with Crippen LogP contribution in [0.5, 0.6) is 0 Å². The van der Waals surface area contributed by atoms with E-state index >= 15 is 0 Å². The number of anilines is 2. The van der Waals surface area contributed by atoms with Crippen LogP contribution in [0.3, 0.4) is 0 Å². The van der Waals surface area contributed by atoms with Gasteiger partial charge in [-0.15, -0.1) is 0 Å². The van der Waals surface area contributed by atoms with E-state index in [1.165, 1.54) is 0 Å². The molecule has 1 atom stereocenters. The Labute approximate surface area is 140 Å². The number of benzene rings is 1. The number of nitrogens with one attached hydrogen (secondary N) is 1. The van der Waals surface area contributed by atoms with Gasteiger partial charge in [0.1, 0.15) is 5.76 Å². The second-order valence-electron chi connectivity index (χ2n) is 6.21. The highest BCUT2D eigenvalue weighted by atomic mass is 16.5. The molecule has 1 unspecified atom stereocenters. The minimum Gasteiger partial charge on any atom is -0.361 e. The average Bonchev–Trinajstić information content (AvgIpc) is 3.09. The maximum atomic E-state index is 12.5. The number of nitrogens with zero attached hydrogens (tertiary/aromatic N) is 2. The maximum Gasteiger partial charge on any atom is 0.231 e. The number of hydrogen-bond acceptors (Lipinski definition) is 4. The van der Waals surface area contributed by atoms with Crippen LogP contribution >= 0.6 is 0 Å². The summed E-state index contributed by atoms with van der Waals surface area (Å²) in [6, 6.07) is 5.66. The molecule has 1 aliphatic rings. The van der Waals surface area contributed by atoms with Crippen molar-refractivity contribution in [2.75, 3.05) is 16.8 Å². The van der Waals surface area contributed by atoms with Crippen LogP contribution in [0.2, 0.25) is 0 Å². The van der Waals surface area contributed by atoms with Gasteiger partial charge in [0, 0.05) is 30.4 Å². The molecule has 1 aliphatic heterocycles. The molecule has 2 heterocycles. The predicted molar refractivity (Wildman–Crippen MR) is 91.2 cm³/mol. The van der Waals surface area contributed by atoms with E-state index in [-0.39, 0.29) is 17.7 Å². The van der Waals surface area contributed by atoms with E-state index in [1.807, 2.05) is 39.0 Å². The Kier molecular flexibility index (Phi) is 4.13. The van der Waals surface area contributed by atoms with Gasteiger partial charge in [0.05, 0.1) is 11.6 Å². The highest BCUT2D eigenvalue weighted by Gasteiger charge is 2.25. The molecule has 3 rings (SSSR count). The van der Waals surface area contributed by atoms with Crippen LogP contribution in [0.25, 0.3) is 0 Å². The largest absolute Gasteiger partial charge is 0.361 e. The van der Waals surface area contributed by atoms with Gasteiger partial charge in [0.15, 0.2) is 0 Å². The smallest absolute Gasteiger partial charge is 0.231 e. The van der Waals surface area contributed by atoms with Crippen LogP contribution in [-0.2, 0) is 16.0 Å². The van der Waals surface area contributed by atoms with Crippen LogP contribution in [-0.4, -0.2) is 23.5 Å². The molecule has 24 heavy (non-hydrogen) atoms. The molecule has 2 aromatic rings. The third-order valence-corrected chi connectivity index (χ3v) is 4.54. The molecule has 6 nitrogen and oxygen atoms in total. The van der Waals surface area contributed by atoms with Gasteiger partial charge < -0.3 is 14.7 Å². The molecular weight excluding hydrogens is 306 g/mol. The summed E-state index contributed by atoms with van der Waals surface area (Å²) < 4.78 is 5.14. The van der Waals surface area contributed by atoms with E-state index < -0.39 is 0 Å². The van der Waals surface area contributed by atoms with Gasteiger partial charge in [0.25, 0.3) is 0 Å². The van der Waals surface area contributed by atoms with Gasteiger partial charge in [-0.2, -0.15) is 0 Å². The van der Waals surface area contributed by atoms with Gasteiger partial charge in [-0.1, -0.05) is 5.16 Å². The molecule has 126 valence electrons. The standard InChI is InChI=1S/C18H21N3O3/c1-10(17-11(2)20-24-12(17)3)18(23)19-15-5-6-16-14(9-15)7-8-21(16)13(4)22/h5-6,9-10H,7-8H2,1-4H3,(H,19,23). The number of fused-ring (bicyclic) bond motifs is 1. The normalized spacial score (nSPS) is 14.4. The first-order chi connectivity index (χ1) is 11.4. The van der Waals surface area contributed by atoms with Crippen molar-refractivity contribution in [3.05, 3.63) is 40.8 Å². The summed E-state index contributed by atoms with van der Waals surface area (Å²) in [4.78, 5) is 25.9. The molecule has 2 amide bonds. The Morgan fingerprint density at radius 2 is 2.08 bits per heavy atom. The number of carbonyl (C=O) groups excluding carboxylic acids is 2. The van der Waals surface area contributed by atoms with Crippen molar-refractivity contribution < 1.29 is 14.1 Å². The highest BCUT2D eigenvalue weighted by Crippen LogP contribution is 2.31. The Hall–Kier alpha value is -2.63. The van der Waals surface area contributed by atoms with E-state index in [1.54, 1.807) is 11.8 Å². The monoisotopic (exact) mass is 327 g/mol. The number of rotatable bonds is 3. The van der Waals surface area contributed by atoms with Gasteiger partial charge in [-0.3, -0.25) is 9.59 Å². The number of amides is 2. The molecule has 1 aromatic carbocycles. The van der Waals surface area contributed by atoms with E-state index in [0.29, 0.717) is 12.3 Å². The highest BCUT2D eigenvalue weighted by molar-refractivity contribution is 5.97. The van der Waals surface area contributed by atoms with Gasteiger partial charge in [-0.05, 0) is 51.0 Å². The van der Waals surface area contributed by atoms with Crippen molar-refractivity contribution in [1.29, 1.82) is 0 Å². The van der Waals surface area contributed by atoms with E-state index in [0.717, 1.165) is 34.6 Å². The zero-order chi connectivity index (χ0) is 17.4. The number of carbonyl (C=O) groups is 2. The van der Waals surface area contributed by atoms with Crippen molar-refractivity contribution in [3.63, 3.8) is 0 Å². The van der Waals surface area contributed by atoms with Crippen LogP contribution in [0.1, 0.15) is 42.3 Å². The van der Waals surface area contributed by atoms with Gasteiger partial charge in [-0.25, -0.2) is 0 Å². The van der Waals surface area contributed by atoms with Gasteiger partial charge in [0.2, 0.25) is 11.8 Å². The fourth-order valence-corrected chi connectivity index (χ4v) is 3.30. The zero-order valence-electron chi connectivity index (χ0n) is 14.3. The van der Waals surface area contributed by atoms with Crippen molar-refractivity contribution in [3.8, 4) is 0 Å². The van der Waals surface area contributed by atoms with Crippen LogP contribution in [0.4, 0.5) is 11.4 Å². The van der Waals surface area contributed by atoms with Gasteiger partial charge >= 0.3 is 0 Å². The molecule has 0 saturated heterocycles. The third kappa shape index (κ3) is 2.79. The molecule has 1 aromatic heterocycles. The first-order valence-electron chi connectivity index (χ1n) is 8.03. The summed E-state index contributed by atoms with van der Waals surface area (Å²) in [5.41, 5.74) is 4.31. The quantitative estimate of drug-likeness (QED) is 0.940. The molecule has 1 N–H and O–H groups in total. The Morgan fingerprint density at radius 3 is 2.71 bits per heavy atom. The first-order valence-corrected chi connectivity index (χ1v) is 8.03. The van der Waals surface area contributed by atoms with Crippen LogP contribution in [0.15, 0.2) is 22.7 Å². The van der Waals surface area contributed by atoms with Crippen LogP contribution < -0.4 is 10.2 Å². The van der Waals surface area contributed by atoms with Crippen molar-refractivity contribution >= 4 is 23.2 Å².